The van der Waals surface area contributed by atoms with Gasteiger partial charge in [-0.1, -0.05) is 36.4 Å². The molecule has 1 aliphatic heterocycles. The van der Waals surface area contributed by atoms with E-state index in [1.54, 1.807) is 24.3 Å². The second-order valence-corrected chi connectivity index (χ2v) is 4.69. The molecule has 1 heterocycles. The molecule has 4 N–H and O–H groups in total. The first kappa shape index (κ1) is 13.0. The van der Waals surface area contributed by atoms with Crippen LogP contribution in [0.3, 0.4) is 0 Å². The van der Waals surface area contributed by atoms with Gasteiger partial charge in [-0.15, -0.1) is 0 Å². The van der Waals surface area contributed by atoms with Gasteiger partial charge in [-0.05, 0) is 12.1 Å². The van der Waals surface area contributed by atoms with Crippen molar-refractivity contribution >= 4 is 11.9 Å². The van der Waals surface area contributed by atoms with Crippen molar-refractivity contribution in [2.45, 2.75) is 5.54 Å². The predicted octanol–water partition coefficient (Wildman–Crippen LogP) is 1.18. The molecule has 0 radical (unpaired) electrons. The minimum absolute atomic E-state index is 0.155. The Bertz CT molecular complexity index is 696. The molecule has 6 heteroatoms. The Morgan fingerprint density at radius 1 is 0.810 bits per heavy atom. The quantitative estimate of drug-likeness (QED) is 0.622. The maximum atomic E-state index is 12.4. The van der Waals surface area contributed by atoms with Crippen LogP contribution in [-0.2, 0) is 10.3 Å². The molecule has 0 bridgehead atoms. The molecule has 2 aromatic rings. The zero-order valence-electron chi connectivity index (χ0n) is 10.8. The van der Waals surface area contributed by atoms with E-state index in [9.17, 15) is 19.8 Å². The first-order valence-corrected chi connectivity index (χ1v) is 6.26. The maximum Gasteiger partial charge on any atom is 0.322 e. The lowest BCUT2D eigenvalue weighted by Crippen LogP contribution is -2.44. The van der Waals surface area contributed by atoms with Gasteiger partial charge < -0.3 is 15.5 Å². The van der Waals surface area contributed by atoms with Crippen LogP contribution in [0.1, 0.15) is 11.1 Å². The van der Waals surface area contributed by atoms with E-state index in [1.807, 2.05) is 0 Å². The van der Waals surface area contributed by atoms with Crippen molar-refractivity contribution in [3.8, 4) is 11.5 Å². The normalized spacial score (nSPS) is 16.4. The molecule has 0 aromatic heterocycles. The SMILES string of the molecule is O=C1NC(=O)C(c2ccccc2O)(c2ccccc2O)N1. The molecular weight excluding hydrogens is 272 g/mol. The van der Waals surface area contributed by atoms with Gasteiger partial charge in [0.1, 0.15) is 11.5 Å². The number of imide groups is 1. The van der Waals surface area contributed by atoms with Gasteiger partial charge in [-0.2, -0.15) is 0 Å². The molecule has 1 aliphatic rings. The monoisotopic (exact) mass is 284 g/mol. The van der Waals surface area contributed by atoms with Gasteiger partial charge in [0.25, 0.3) is 5.91 Å². The fourth-order valence-corrected chi connectivity index (χ4v) is 2.56. The summed E-state index contributed by atoms with van der Waals surface area (Å²) in [6, 6.07) is 11.6. The Morgan fingerprint density at radius 2 is 1.29 bits per heavy atom. The number of amides is 3. The van der Waals surface area contributed by atoms with Crippen LogP contribution in [0.5, 0.6) is 11.5 Å². The van der Waals surface area contributed by atoms with Crippen LogP contribution >= 0.6 is 0 Å². The Labute approximate surface area is 120 Å². The molecule has 106 valence electrons. The number of hydrogen-bond acceptors (Lipinski definition) is 4. The number of carbonyl (C=O) groups is 2. The minimum atomic E-state index is -1.66. The average molecular weight is 284 g/mol. The summed E-state index contributed by atoms with van der Waals surface area (Å²) in [5, 5.41) is 24.8. The lowest BCUT2D eigenvalue weighted by Gasteiger charge is -2.28. The van der Waals surface area contributed by atoms with E-state index >= 15 is 0 Å². The molecule has 2 aromatic carbocycles. The van der Waals surface area contributed by atoms with Gasteiger partial charge in [0.2, 0.25) is 0 Å². The molecule has 0 atom stereocenters. The van der Waals surface area contributed by atoms with Crippen LogP contribution in [0, 0.1) is 0 Å². The van der Waals surface area contributed by atoms with Crippen molar-refractivity contribution in [1.82, 2.24) is 10.6 Å². The van der Waals surface area contributed by atoms with Crippen molar-refractivity contribution in [2.75, 3.05) is 0 Å². The number of urea groups is 1. The van der Waals surface area contributed by atoms with E-state index in [0.29, 0.717) is 0 Å². The van der Waals surface area contributed by atoms with E-state index in [0.717, 1.165) is 0 Å². The van der Waals surface area contributed by atoms with Crippen molar-refractivity contribution < 1.29 is 19.8 Å². The fourth-order valence-electron chi connectivity index (χ4n) is 2.56. The summed E-state index contributed by atoms with van der Waals surface area (Å²) in [4.78, 5) is 24.0. The second-order valence-electron chi connectivity index (χ2n) is 4.69. The molecule has 0 aliphatic carbocycles. The van der Waals surface area contributed by atoms with Gasteiger partial charge in [0.15, 0.2) is 5.54 Å². The summed E-state index contributed by atoms with van der Waals surface area (Å²) >= 11 is 0. The highest BCUT2D eigenvalue weighted by atomic mass is 16.3. The first-order chi connectivity index (χ1) is 10.1. The highest BCUT2D eigenvalue weighted by Gasteiger charge is 2.51. The zero-order chi connectivity index (χ0) is 15.0. The Kier molecular flexibility index (Phi) is 2.79. The fraction of sp³-hybridized carbons (Fsp3) is 0.0667. The molecular formula is C15H12N2O4. The third-order valence-corrected chi connectivity index (χ3v) is 3.48. The molecule has 3 rings (SSSR count). The number of rotatable bonds is 2. The summed E-state index contributed by atoms with van der Waals surface area (Å²) in [5.41, 5.74) is -1.28. The average Bonchev–Trinajstić information content (AvgIpc) is 2.75. The van der Waals surface area contributed by atoms with Gasteiger partial charge in [0.05, 0.1) is 0 Å². The molecule has 0 unspecified atom stereocenters. The maximum absolute atomic E-state index is 12.4. The smallest absolute Gasteiger partial charge is 0.322 e. The molecule has 0 saturated carbocycles. The lowest BCUT2D eigenvalue weighted by atomic mass is 9.82. The molecule has 1 saturated heterocycles. The first-order valence-electron chi connectivity index (χ1n) is 6.26. The van der Waals surface area contributed by atoms with E-state index in [4.69, 9.17) is 0 Å². The molecule has 21 heavy (non-hydrogen) atoms. The minimum Gasteiger partial charge on any atom is -0.508 e. The molecule has 0 spiro atoms. The largest absolute Gasteiger partial charge is 0.508 e. The standard InChI is InChI=1S/C15H12N2O4/c18-11-7-3-1-5-9(11)15(13(20)16-14(21)17-15)10-6-2-4-8-12(10)19/h1-8,18-19H,(H2,16,17,20,21). The van der Waals surface area contributed by atoms with Crippen molar-refractivity contribution in [3.05, 3.63) is 59.7 Å². The highest BCUT2D eigenvalue weighted by Crippen LogP contribution is 2.40. The number of aromatic hydroxyl groups is 2. The van der Waals surface area contributed by atoms with Crippen LogP contribution in [0.15, 0.2) is 48.5 Å². The summed E-state index contributed by atoms with van der Waals surface area (Å²) < 4.78 is 0. The summed E-state index contributed by atoms with van der Waals surface area (Å²) in [6.45, 7) is 0. The molecule has 3 amide bonds. The lowest BCUT2D eigenvalue weighted by molar-refractivity contribution is -0.123. The van der Waals surface area contributed by atoms with E-state index in [1.165, 1.54) is 24.3 Å². The van der Waals surface area contributed by atoms with Gasteiger partial charge in [-0.25, -0.2) is 4.79 Å². The molecule has 6 nitrogen and oxygen atoms in total. The third kappa shape index (κ3) is 1.80. The predicted molar refractivity (Wildman–Crippen MR) is 73.7 cm³/mol. The molecule has 1 fully saturated rings. The van der Waals surface area contributed by atoms with E-state index in [2.05, 4.69) is 10.6 Å². The van der Waals surface area contributed by atoms with Crippen LogP contribution in [0.25, 0.3) is 0 Å². The number of phenolic OH excluding ortho intramolecular Hbond substituents is 2. The summed E-state index contributed by atoms with van der Waals surface area (Å²) in [6.07, 6.45) is 0. The topological polar surface area (TPSA) is 98.7 Å². The van der Waals surface area contributed by atoms with Crippen LogP contribution in [-0.4, -0.2) is 22.2 Å². The summed E-state index contributed by atoms with van der Waals surface area (Å²) in [7, 11) is 0. The van der Waals surface area contributed by atoms with Gasteiger partial charge in [-0.3, -0.25) is 10.1 Å². The van der Waals surface area contributed by atoms with Gasteiger partial charge >= 0.3 is 6.03 Å². The Morgan fingerprint density at radius 3 is 1.67 bits per heavy atom. The number of carbonyl (C=O) groups excluding carboxylic acids is 2. The van der Waals surface area contributed by atoms with E-state index < -0.39 is 17.5 Å². The number of benzene rings is 2. The van der Waals surface area contributed by atoms with Crippen molar-refractivity contribution in [3.63, 3.8) is 0 Å². The van der Waals surface area contributed by atoms with E-state index in [-0.39, 0.29) is 22.6 Å². The van der Waals surface area contributed by atoms with Crippen LogP contribution in [0.4, 0.5) is 4.79 Å². The number of hydrogen-bond donors (Lipinski definition) is 4. The Balaban J connectivity index is 2.33. The highest BCUT2D eigenvalue weighted by molar-refractivity contribution is 6.10. The number of nitrogens with one attached hydrogen (secondary N) is 2. The van der Waals surface area contributed by atoms with Crippen molar-refractivity contribution in [1.29, 1.82) is 0 Å². The second kappa shape index (κ2) is 4.52. The van der Waals surface area contributed by atoms with Crippen molar-refractivity contribution in [2.24, 2.45) is 0 Å². The number of phenols is 2. The zero-order valence-corrected chi connectivity index (χ0v) is 10.8. The number of para-hydroxylation sites is 2. The van der Waals surface area contributed by atoms with Gasteiger partial charge in [0, 0.05) is 11.1 Å². The Hall–Kier alpha value is -3.02. The summed E-state index contributed by atoms with van der Waals surface area (Å²) in [5.74, 6) is -0.966. The third-order valence-electron chi connectivity index (χ3n) is 3.48. The van der Waals surface area contributed by atoms with Crippen LogP contribution in [0.2, 0.25) is 0 Å². The van der Waals surface area contributed by atoms with Crippen LogP contribution < -0.4 is 10.6 Å².